The van der Waals surface area contributed by atoms with Gasteiger partial charge in [0.15, 0.2) is 11.6 Å². The summed E-state index contributed by atoms with van der Waals surface area (Å²) in [6.07, 6.45) is 5.14. The van der Waals surface area contributed by atoms with Gasteiger partial charge in [-0.2, -0.15) is 17.6 Å². The van der Waals surface area contributed by atoms with E-state index in [1.807, 2.05) is 44.4 Å². The van der Waals surface area contributed by atoms with E-state index in [0.717, 1.165) is 21.5 Å². The van der Waals surface area contributed by atoms with Crippen molar-refractivity contribution in [1.82, 2.24) is 48.5 Å². The lowest BCUT2D eigenvalue weighted by Crippen LogP contribution is -2.55. The second-order valence-corrected chi connectivity index (χ2v) is 21.5. The highest BCUT2D eigenvalue weighted by Crippen LogP contribution is 2.35. The molecular weight excluding hydrogens is 1140 g/mol. The highest BCUT2D eigenvalue weighted by molar-refractivity contribution is 5.87. The summed E-state index contributed by atoms with van der Waals surface area (Å²) in [5, 5.41) is 8.68. The predicted molar refractivity (Wildman–Crippen MR) is 300 cm³/mol. The minimum absolute atomic E-state index is 0.0197. The van der Waals surface area contributed by atoms with Crippen molar-refractivity contribution < 1.29 is 64.0 Å². The van der Waals surface area contributed by atoms with E-state index in [9.17, 15) is 36.7 Å². The van der Waals surface area contributed by atoms with Gasteiger partial charge in [-0.05, 0) is 58.9 Å². The number of aliphatic hydroxyl groups excluding tert-OH is 1. The molecule has 2 fully saturated rings. The highest BCUT2D eigenvalue weighted by Gasteiger charge is 2.32. The number of nitrogens with zero attached hydrogens (tertiary/aromatic N) is 12. The zero-order valence-electron chi connectivity index (χ0n) is 47.7. The van der Waals surface area contributed by atoms with Crippen LogP contribution in [0.1, 0.15) is 45.7 Å². The number of piperazine rings is 2. The molecule has 6 heterocycles. The summed E-state index contributed by atoms with van der Waals surface area (Å²) in [6.45, 7) is 4.64. The van der Waals surface area contributed by atoms with Crippen LogP contribution in [0.15, 0.2) is 95.0 Å². The zero-order chi connectivity index (χ0) is 62.1. The third kappa shape index (κ3) is 12.8. The number of carbonyl (C=O) groups excluding carboxylic acids is 2. The predicted octanol–water partition coefficient (Wildman–Crippen LogP) is 7.33. The van der Waals surface area contributed by atoms with Gasteiger partial charge in [-0.25, -0.2) is 37.5 Å². The molecule has 28 heteroatoms. The average molecular weight is 1210 g/mol. The third-order valence-electron chi connectivity index (χ3n) is 14.8. The molecule has 2 aliphatic rings. The molecule has 0 spiro atoms. The third-order valence-corrected chi connectivity index (χ3v) is 14.8. The van der Waals surface area contributed by atoms with Gasteiger partial charge in [-0.15, -0.1) is 0 Å². The summed E-state index contributed by atoms with van der Waals surface area (Å²) in [7, 11) is 2.74. The van der Waals surface area contributed by atoms with Crippen LogP contribution in [0.25, 0.3) is 44.1 Å². The fourth-order valence-corrected chi connectivity index (χ4v) is 10.5. The van der Waals surface area contributed by atoms with Crippen LogP contribution in [0, 0.1) is 23.3 Å². The topological polar surface area (TPSA) is 200 Å². The standard InChI is InChI=1S/C31H34F4N6O4.C27H26F4N6O4/c1-18-15-39(24(42)17-44-31(2,3)4)10-11-40(18)30-36-13-20(14-37-30)25-22(32)12-21-27(26(25)33)41(38(5)28(21)43)16-19-8-6-7-9-23(19)45-29(34)35;1-15-12-35(21(39)14-38)7-8-36(15)27-32-10-17(11-33-27)22-19(28)9-18-24(23(22)29)37(34(2)25(18)40)13-16-5-3-4-6-20(16)41-26(30)31/h6-9,12-14,18,29H,10-11,15-17H2,1-5H3;3-6,9-11,15,26,38H,7-8,12-14H2,1-2H3/t18-;15-/m11/s1. The number of aromatic nitrogens is 8. The van der Waals surface area contributed by atoms with E-state index in [4.69, 9.17) is 9.84 Å². The SMILES string of the molecule is C[C@@H]1CN(C(=O)CO)CCN1c1ncc(-c2c(F)cc3c(=O)n(C)n(Cc4ccccc4OC(F)F)c3c2F)cn1.C[C@@H]1CN(C(=O)COC(C)(C)C)CCN1c1ncc(-c2c(F)cc3c(=O)n(C)n(Cc4ccccc4OC(F)F)c3c2F)cn1. The van der Waals surface area contributed by atoms with Gasteiger partial charge in [0.1, 0.15) is 47.4 Å². The summed E-state index contributed by atoms with van der Waals surface area (Å²) >= 11 is 0. The normalized spacial score (nSPS) is 15.7. The summed E-state index contributed by atoms with van der Waals surface area (Å²) in [4.78, 5) is 74.6. The molecule has 2 saturated heterocycles. The van der Waals surface area contributed by atoms with Crippen molar-refractivity contribution in [2.24, 2.45) is 14.1 Å². The van der Waals surface area contributed by atoms with Crippen LogP contribution in [0.3, 0.4) is 0 Å². The van der Waals surface area contributed by atoms with Gasteiger partial charge in [-0.3, -0.25) is 37.9 Å². The van der Waals surface area contributed by atoms with E-state index < -0.39 is 70.9 Å². The number of carbonyl (C=O) groups is 2. The van der Waals surface area contributed by atoms with E-state index in [0.29, 0.717) is 51.2 Å². The van der Waals surface area contributed by atoms with Gasteiger partial charge < -0.3 is 38.9 Å². The van der Waals surface area contributed by atoms with Crippen molar-refractivity contribution in [2.45, 2.75) is 78.6 Å². The van der Waals surface area contributed by atoms with Crippen molar-refractivity contribution >= 4 is 45.5 Å². The first-order valence-corrected chi connectivity index (χ1v) is 27.0. The largest absolute Gasteiger partial charge is 0.434 e. The highest BCUT2D eigenvalue weighted by atomic mass is 19.3. The number of alkyl halides is 4. The molecule has 2 amide bonds. The molecule has 86 heavy (non-hydrogen) atoms. The number of aliphatic hydroxyl groups is 1. The van der Waals surface area contributed by atoms with E-state index in [-0.39, 0.29) is 99.2 Å². The van der Waals surface area contributed by atoms with Gasteiger partial charge in [-0.1, -0.05) is 36.4 Å². The Hall–Kier alpha value is -8.92. The number of amides is 2. The molecule has 1 N–H and O–H groups in total. The maximum Gasteiger partial charge on any atom is 0.387 e. The number of benzene rings is 4. The Balaban J connectivity index is 0.000000206. The Morgan fingerprint density at radius 3 is 1.36 bits per heavy atom. The fraction of sp³-hybridized carbons (Fsp3) is 0.379. The summed E-state index contributed by atoms with van der Waals surface area (Å²) in [6, 6.07) is 13.4. The second-order valence-electron chi connectivity index (χ2n) is 21.5. The van der Waals surface area contributed by atoms with Crippen LogP contribution in [-0.4, -0.2) is 149 Å². The summed E-state index contributed by atoms with van der Waals surface area (Å²) in [5.41, 5.74) is -2.49. The first-order chi connectivity index (χ1) is 40.8. The van der Waals surface area contributed by atoms with Gasteiger partial charge in [0.05, 0.1) is 40.6 Å². The van der Waals surface area contributed by atoms with E-state index in [1.165, 1.54) is 89.5 Å². The number of halogens is 8. The number of anilines is 2. The maximum absolute atomic E-state index is 16.2. The van der Waals surface area contributed by atoms with E-state index in [1.54, 1.807) is 17.0 Å². The first-order valence-electron chi connectivity index (χ1n) is 27.0. The summed E-state index contributed by atoms with van der Waals surface area (Å²) < 4.78 is 134. The van der Waals surface area contributed by atoms with Crippen LogP contribution < -0.4 is 30.4 Å². The molecule has 0 saturated carbocycles. The number of hydrogen-bond donors (Lipinski definition) is 1. The molecule has 0 aliphatic carbocycles. The van der Waals surface area contributed by atoms with Gasteiger partial charge >= 0.3 is 13.2 Å². The summed E-state index contributed by atoms with van der Waals surface area (Å²) in [5.74, 6) is -4.17. The van der Waals surface area contributed by atoms with Gasteiger partial charge in [0.25, 0.3) is 11.1 Å². The van der Waals surface area contributed by atoms with Crippen molar-refractivity contribution in [1.29, 1.82) is 0 Å². The van der Waals surface area contributed by atoms with Gasteiger partial charge in [0, 0.05) is 112 Å². The number of para-hydroxylation sites is 2. The molecule has 4 aromatic heterocycles. The molecule has 2 atom stereocenters. The molecule has 10 rings (SSSR count). The lowest BCUT2D eigenvalue weighted by Gasteiger charge is -2.40. The Bertz CT molecular complexity index is 3930. The van der Waals surface area contributed by atoms with E-state index in [2.05, 4.69) is 29.4 Å². The van der Waals surface area contributed by atoms with Crippen LogP contribution in [0.2, 0.25) is 0 Å². The van der Waals surface area contributed by atoms with Crippen molar-refractivity contribution in [3.05, 3.63) is 141 Å². The number of ether oxygens (including phenoxy) is 3. The van der Waals surface area contributed by atoms with Crippen LogP contribution >= 0.6 is 0 Å². The minimum atomic E-state index is -3.09. The van der Waals surface area contributed by atoms with Crippen molar-refractivity contribution in [3.8, 4) is 33.8 Å². The van der Waals surface area contributed by atoms with E-state index >= 15 is 17.6 Å². The lowest BCUT2D eigenvalue weighted by molar-refractivity contribution is -0.141. The Labute approximate surface area is 485 Å². The molecule has 456 valence electrons. The molecule has 8 aromatic rings. The average Bonchev–Trinajstić information content (AvgIpc) is 1.81. The molecule has 0 bridgehead atoms. The first kappa shape index (κ1) is 61.6. The van der Waals surface area contributed by atoms with Crippen molar-refractivity contribution in [2.75, 3.05) is 62.3 Å². The number of rotatable bonds is 15. The molecule has 0 unspecified atom stereocenters. The quantitative estimate of drug-likeness (QED) is 0.100. The van der Waals surface area contributed by atoms with Crippen molar-refractivity contribution in [3.63, 3.8) is 0 Å². The molecule has 4 aromatic carbocycles. The number of hydrogen-bond acceptors (Lipinski definition) is 14. The molecule has 20 nitrogen and oxygen atoms in total. The molecule has 0 radical (unpaired) electrons. The second kappa shape index (κ2) is 25.3. The monoisotopic (exact) mass is 1200 g/mol. The Morgan fingerprint density at radius 2 is 1.00 bits per heavy atom. The lowest BCUT2D eigenvalue weighted by atomic mass is 10.1. The van der Waals surface area contributed by atoms with Gasteiger partial charge in [0.2, 0.25) is 23.7 Å². The minimum Gasteiger partial charge on any atom is -0.434 e. The molecular formula is C58H60F8N12O8. The number of fused-ring (bicyclic) bond motifs is 2. The Kier molecular flexibility index (Phi) is 18.2. The van der Waals surface area contributed by atoms with Crippen LogP contribution in [0.4, 0.5) is 47.0 Å². The van der Waals surface area contributed by atoms with Crippen LogP contribution in [-0.2, 0) is 41.5 Å². The smallest absolute Gasteiger partial charge is 0.387 e. The fourth-order valence-electron chi connectivity index (χ4n) is 10.5. The van der Waals surface area contributed by atoms with Crippen LogP contribution in [0.5, 0.6) is 11.5 Å². The Morgan fingerprint density at radius 1 is 0.616 bits per heavy atom. The molecule has 2 aliphatic heterocycles. The maximum atomic E-state index is 16.2. The zero-order valence-corrected chi connectivity index (χ0v) is 47.7.